The highest BCUT2D eigenvalue weighted by molar-refractivity contribution is 5.84. The molecule has 0 spiro atoms. The molecule has 0 saturated carbocycles. The van der Waals surface area contributed by atoms with Crippen LogP contribution in [0.2, 0.25) is 0 Å². The van der Waals surface area contributed by atoms with E-state index >= 15 is 0 Å². The highest BCUT2D eigenvalue weighted by Gasteiger charge is 2.28. The summed E-state index contributed by atoms with van der Waals surface area (Å²) in [4.78, 5) is 27.6. The van der Waals surface area contributed by atoms with Crippen molar-refractivity contribution in [2.75, 3.05) is 32.7 Å². The molecule has 21 heavy (non-hydrogen) atoms. The molecular weight excluding hydrogens is 270 g/mol. The number of hydrogen-bond donors (Lipinski definition) is 2. The monoisotopic (exact) mass is 291 g/mol. The van der Waals surface area contributed by atoms with Crippen LogP contribution in [0, 0.1) is 0 Å². The van der Waals surface area contributed by atoms with E-state index in [1.165, 1.54) is 0 Å². The van der Waals surface area contributed by atoms with Crippen molar-refractivity contribution in [2.24, 2.45) is 0 Å². The van der Waals surface area contributed by atoms with E-state index in [-0.39, 0.29) is 18.5 Å². The number of hydrogen-bond acceptors (Lipinski definition) is 3. The molecule has 2 aliphatic heterocycles. The van der Waals surface area contributed by atoms with Crippen molar-refractivity contribution in [2.45, 2.75) is 25.2 Å². The van der Waals surface area contributed by atoms with Gasteiger partial charge >= 0.3 is 6.03 Å². The van der Waals surface area contributed by atoms with Crippen LogP contribution in [-0.4, -0.2) is 64.7 Å². The number of amides is 3. The molecule has 0 aromatic carbocycles. The number of aromatic amines is 1. The van der Waals surface area contributed by atoms with Gasteiger partial charge in [-0.25, -0.2) is 4.79 Å². The SMILES string of the molecule is O=C(CN1CCCNC1=O)N1CCCC(c2ccn[nH]2)C1. The minimum Gasteiger partial charge on any atom is -0.340 e. The summed E-state index contributed by atoms with van der Waals surface area (Å²) < 4.78 is 0. The van der Waals surface area contributed by atoms with Crippen molar-refractivity contribution < 1.29 is 9.59 Å². The average Bonchev–Trinajstić information content (AvgIpc) is 3.04. The Balaban J connectivity index is 1.58. The maximum absolute atomic E-state index is 12.4. The second kappa shape index (κ2) is 6.15. The molecule has 0 radical (unpaired) electrons. The third-order valence-electron chi connectivity index (χ3n) is 4.23. The first-order valence-electron chi connectivity index (χ1n) is 7.54. The van der Waals surface area contributed by atoms with Crippen molar-refractivity contribution in [1.29, 1.82) is 0 Å². The summed E-state index contributed by atoms with van der Waals surface area (Å²) in [6.07, 6.45) is 4.70. The van der Waals surface area contributed by atoms with E-state index in [0.717, 1.165) is 31.5 Å². The lowest BCUT2D eigenvalue weighted by molar-refractivity contribution is -0.133. The highest BCUT2D eigenvalue weighted by atomic mass is 16.2. The Bertz CT molecular complexity index is 501. The average molecular weight is 291 g/mol. The fourth-order valence-electron chi connectivity index (χ4n) is 3.04. The molecule has 2 fully saturated rings. The van der Waals surface area contributed by atoms with Crippen molar-refractivity contribution in [1.82, 2.24) is 25.3 Å². The molecule has 114 valence electrons. The number of nitrogens with zero attached hydrogens (tertiary/aromatic N) is 3. The smallest absolute Gasteiger partial charge is 0.317 e. The Morgan fingerprint density at radius 2 is 2.29 bits per heavy atom. The Morgan fingerprint density at radius 1 is 1.38 bits per heavy atom. The van der Waals surface area contributed by atoms with E-state index in [2.05, 4.69) is 15.5 Å². The zero-order valence-corrected chi connectivity index (χ0v) is 12.0. The van der Waals surface area contributed by atoms with Gasteiger partial charge in [-0.15, -0.1) is 0 Å². The zero-order valence-electron chi connectivity index (χ0n) is 12.0. The van der Waals surface area contributed by atoms with E-state index in [4.69, 9.17) is 0 Å². The van der Waals surface area contributed by atoms with Crippen molar-refractivity contribution in [3.63, 3.8) is 0 Å². The fourth-order valence-corrected chi connectivity index (χ4v) is 3.04. The lowest BCUT2D eigenvalue weighted by Crippen LogP contribution is -2.51. The number of carbonyl (C=O) groups excluding carboxylic acids is 2. The number of piperidine rings is 1. The van der Waals surface area contributed by atoms with E-state index in [0.29, 0.717) is 25.6 Å². The van der Waals surface area contributed by atoms with Gasteiger partial charge in [-0.2, -0.15) is 5.10 Å². The number of aromatic nitrogens is 2. The number of H-pyrrole nitrogens is 1. The van der Waals surface area contributed by atoms with Crippen molar-refractivity contribution >= 4 is 11.9 Å². The molecule has 3 amide bonds. The van der Waals surface area contributed by atoms with Crippen LogP contribution in [0.25, 0.3) is 0 Å². The van der Waals surface area contributed by atoms with Gasteiger partial charge in [0, 0.05) is 44.0 Å². The third kappa shape index (κ3) is 3.17. The van der Waals surface area contributed by atoms with Gasteiger partial charge in [0.25, 0.3) is 0 Å². The predicted molar refractivity (Wildman–Crippen MR) is 76.7 cm³/mol. The number of nitrogens with one attached hydrogen (secondary N) is 2. The molecular formula is C14H21N5O2. The van der Waals surface area contributed by atoms with Crippen LogP contribution in [0.4, 0.5) is 4.79 Å². The number of likely N-dealkylation sites (tertiary alicyclic amines) is 1. The van der Waals surface area contributed by atoms with Crippen molar-refractivity contribution in [3.05, 3.63) is 18.0 Å². The van der Waals surface area contributed by atoms with Gasteiger partial charge < -0.3 is 15.1 Å². The number of rotatable bonds is 3. The number of carbonyl (C=O) groups is 2. The Hall–Kier alpha value is -2.05. The van der Waals surface area contributed by atoms with Gasteiger partial charge in [-0.1, -0.05) is 0 Å². The molecule has 1 atom stereocenters. The summed E-state index contributed by atoms with van der Waals surface area (Å²) in [5.74, 6) is 0.358. The first kappa shape index (κ1) is 13.9. The first-order valence-corrected chi connectivity index (χ1v) is 7.54. The molecule has 3 heterocycles. The van der Waals surface area contributed by atoms with Crippen LogP contribution in [0.3, 0.4) is 0 Å². The second-order valence-corrected chi connectivity index (χ2v) is 5.70. The molecule has 7 nitrogen and oxygen atoms in total. The summed E-state index contributed by atoms with van der Waals surface area (Å²) in [7, 11) is 0. The van der Waals surface area contributed by atoms with Crippen LogP contribution in [-0.2, 0) is 4.79 Å². The minimum absolute atomic E-state index is 0.0382. The van der Waals surface area contributed by atoms with Crippen LogP contribution < -0.4 is 5.32 Å². The van der Waals surface area contributed by atoms with Crippen molar-refractivity contribution in [3.8, 4) is 0 Å². The van der Waals surface area contributed by atoms with Crippen LogP contribution >= 0.6 is 0 Å². The molecule has 2 saturated heterocycles. The zero-order chi connectivity index (χ0) is 14.7. The molecule has 1 aromatic rings. The van der Waals surface area contributed by atoms with Gasteiger partial charge in [0.1, 0.15) is 6.54 Å². The minimum atomic E-state index is -0.128. The topological polar surface area (TPSA) is 81.3 Å². The highest BCUT2D eigenvalue weighted by Crippen LogP contribution is 2.25. The fraction of sp³-hybridized carbons (Fsp3) is 0.643. The maximum Gasteiger partial charge on any atom is 0.317 e. The van der Waals surface area contributed by atoms with E-state index in [1.54, 1.807) is 11.1 Å². The molecule has 1 aromatic heterocycles. The molecule has 2 aliphatic rings. The van der Waals surface area contributed by atoms with Crippen LogP contribution in [0.1, 0.15) is 30.9 Å². The molecule has 7 heteroatoms. The Kier molecular flexibility index (Phi) is 4.08. The molecule has 3 rings (SSSR count). The molecule has 0 bridgehead atoms. The number of urea groups is 1. The van der Waals surface area contributed by atoms with Crippen LogP contribution in [0.15, 0.2) is 12.3 Å². The summed E-state index contributed by atoms with van der Waals surface area (Å²) >= 11 is 0. The normalized spacial score (nSPS) is 23.0. The van der Waals surface area contributed by atoms with Crippen LogP contribution in [0.5, 0.6) is 0 Å². The summed E-state index contributed by atoms with van der Waals surface area (Å²) in [6.45, 7) is 3.03. The quantitative estimate of drug-likeness (QED) is 0.852. The van der Waals surface area contributed by atoms with Gasteiger partial charge in [-0.3, -0.25) is 9.89 Å². The van der Waals surface area contributed by atoms with Gasteiger partial charge in [0.15, 0.2) is 0 Å². The summed E-state index contributed by atoms with van der Waals surface area (Å²) in [5, 5.41) is 9.75. The van der Waals surface area contributed by atoms with Gasteiger partial charge in [0.05, 0.1) is 0 Å². The lowest BCUT2D eigenvalue weighted by Gasteiger charge is -2.34. The summed E-state index contributed by atoms with van der Waals surface area (Å²) in [5.41, 5.74) is 1.09. The Labute approximate surface area is 123 Å². The van der Waals surface area contributed by atoms with E-state index in [9.17, 15) is 9.59 Å². The standard InChI is InChI=1S/C14H21N5O2/c20-13(10-19-8-2-5-15-14(19)21)18-7-1-3-11(9-18)12-4-6-16-17-12/h4,6,11H,1-3,5,7-10H2,(H,15,21)(H,16,17). The maximum atomic E-state index is 12.4. The molecule has 2 N–H and O–H groups in total. The van der Waals surface area contributed by atoms with Gasteiger partial charge in [0.2, 0.25) is 5.91 Å². The van der Waals surface area contributed by atoms with E-state index < -0.39 is 0 Å². The third-order valence-corrected chi connectivity index (χ3v) is 4.23. The predicted octanol–water partition coefficient (Wildman–Crippen LogP) is 0.531. The lowest BCUT2D eigenvalue weighted by atomic mass is 9.95. The van der Waals surface area contributed by atoms with Gasteiger partial charge in [-0.05, 0) is 25.3 Å². The Morgan fingerprint density at radius 3 is 3.05 bits per heavy atom. The second-order valence-electron chi connectivity index (χ2n) is 5.70. The largest absolute Gasteiger partial charge is 0.340 e. The van der Waals surface area contributed by atoms with E-state index in [1.807, 2.05) is 11.0 Å². The molecule has 1 unspecified atom stereocenters. The summed E-state index contributed by atoms with van der Waals surface area (Å²) in [6, 6.07) is 1.84. The first-order chi connectivity index (χ1) is 10.2. The molecule has 0 aliphatic carbocycles.